The summed E-state index contributed by atoms with van der Waals surface area (Å²) in [5, 5.41) is 9.15. The van der Waals surface area contributed by atoms with Crippen molar-refractivity contribution in [3.8, 4) is 0 Å². The molecule has 3 nitrogen and oxygen atoms in total. The second-order valence-electron chi connectivity index (χ2n) is 6.82. The molecule has 3 heteroatoms. The van der Waals surface area contributed by atoms with Crippen LogP contribution in [0.25, 0.3) is 0 Å². The largest absolute Gasteiger partial charge is 0.395 e. The molecule has 0 aromatic heterocycles. The molecule has 0 fully saturated rings. The topological polar surface area (TPSA) is 49.5 Å². The predicted octanol–water partition coefficient (Wildman–Crippen LogP) is 4.64. The summed E-state index contributed by atoms with van der Waals surface area (Å²) < 4.78 is 0. The second-order valence-corrected chi connectivity index (χ2v) is 6.82. The minimum Gasteiger partial charge on any atom is -0.395 e. The van der Waals surface area contributed by atoms with E-state index in [0.717, 1.165) is 22.6 Å². The SMILES string of the molecule is Cc1ccc(N(c2ccc(C)cc2)c2ccc(CC(N)CO)cc2)cc1. The maximum absolute atomic E-state index is 9.15. The van der Waals surface area contributed by atoms with Crippen molar-refractivity contribution < 1.29 is 5.11 Å². The van der Waals surface area contributed by atoms with Gasteiger partial charge in [0.25, 0.3) is 0 Å². The lowest BCUT2D eigenvalue weighted by Crippen LogP contribution is -2.26. The first-order chi connectivity index (χ1) is 12.6. The van der Waals surface area contributed by atoms with Gasteiger partial charge in [0.15, 0.2) is 0 Å². The van der Waals surface area contributed by atoms with Gasteiger partial charge < -0.3 is 15.7 Å². The number of aliphatic hydroxyl groups is 1. The summed E-state index contributed by atoms with van der Waals surface area (Å²) in [5.41, 5.74) is 12.8. The van der Waals surface area contributed by atoms with E-state index in [-0.39, 0.29) is 12.6 Å². The fourth-order valence-electron chi connectivity index (χ4n) is 2.98. The van der Waals surface area contributed by atoms with E-state index in [4.69, 9.17) is 10.8 Å². The standard InChI is InChI=1S/C23H26N2O/c1-17-3-9-21(10-4-17)25(22-11-5-18(2)6-12-22)23-13-7-19(8-14-23)15-20(24)16-26/h3-14,20,26H,15-16,24H2,1-2H3. The molecule has 0 aliphatic carbocycles. The number of hydrogen-bond acceptors (Lipinski definition) is 3. The van der Waals surface area contributed by atoms with Crippen LogP contribution < -0.4 is 10.6 Å². The normalized spacial score (nSPS) is 12.0. The van der Waals surface area contributed by atoms with Crippen LogP contribution in [0.15, 0.2) is 72.8 Å². The van der Waals surface area contributed by atoms with E-state index in [9.17, 15) is 0 Å². The molecule has 0 spiro atoms. The molecule has 3 aromatic rings. The number of hydrogen-bond donors (Lipinski definition) is 2. The molecular formula is C23H26N2O. The Morgan fingerprint density at radius 1 is 0.731 bits per heavy atom. The van der Waals surface area contributed by atoms with Crippen molar-refractivity contribution in [3.05, 3.63) is 89.5 Å². The molecule has 0 amide bonds. The molecule has 3 N–H and O–H groups in total. The maximum Gasteiger partial charge on any atom is 0.0585 e. The number of anilines is 3. The van der Waals surface area contributed by atoms with Gasteiger partial charge in [-0.05, 0) is 62.2 Å². The molecule has 134 valence electrons. The van der Waals surface area contributed by atoms with Crippen LogP contribution in [0.3, 0.4) is 0 Å². The van der Waals surface area contributed by atoms with Crippen molar-refractivity contribution in [1.82, 2.24) is 0 Å². The van der Waals surface area contributed by atoms with Crippen molar-refractivity contribution in [2.75, 3.05) is 11.5 Å². The zero-order valence-electron chi connectivity index (χ0n) is 15.4. The van der Waals surface area contributed by atoms with Gasteiger partial charge in [-0.25, -0.2) is 0 Å². The van der Waals surface area contributed by atoms with Crippen molar-refractivity contribution >= 4 is 17.1 Å². The Balaban J connectivity index is 1.97. The van der Waals surface area contributed by atoms with Crippen molar-refractivity contribution in [1.29, 1.82) is 0 Å². The van der Waals surface area contributed by atoms with Gasteiger partial charge in [0.2, 0.25) is 0 Å². The third kappa shape index (κ3) is 4.31. The van der Waals surface area contributed by atoms with Crippen LogP contribution in [0.1, 0.15) is 16.7 Å². The Bertz CT molecular complexity index is 778. The lowest BCUT2D eigenvalue weighted by atomic mass is 10.1. The van der Waals surface area contributed by atoms with Crippen molar-refractivity contribution in [3.63, 3.8) is 0 Å². The Morgan fingerprint density at radius 3 is 1.50 bits per heavy atom. The average molecular weight is 346 g/mol. The third-order valence-electron chi connectivity index (χ3n) is 4.51. The minimum atomic E-state index is -0.217. The molecule has 3 rings (SSSR count). The molecule has 0 saturated heterocycles. The van der Waals surface area contributed by atoms with Crippen LogP contribution in [0.4, 0.5) is 17.1 Å². The molecule has 1 atom stereocenters. The molecule has 26 heavy (non-hydrogen) atoms. The fourth-order valence-corrected chi connectivity index (χ4v) is 2.98. The van der Waals surface area contributed by atoms with Crippen molar-refractivity contribution in [2.24, 2.45) is 5.73 Å². The Kier molecular flexibility index (Phi) is 5.71. The zero-order chi connectivity index (χ0) is 18.5. The zero-order valence-corrected chi connectivity index (χ0v) is 15.4. The summed E-state index contributed by atoms with van der Waals surface area (Å²) in [4.78, 5) is 2.24. The van der Waals surface area contributed by atoms with Gasteiger partial charge in [-0.2, -0.15) is 0 Å². The van der Waals surface area contributed by atoms with Gasteiger partial charge in [-0.15, -0.1) is 0 Å². The van der Waals surface area contributed by atoms with Crippen molar-refractivity contribution in [2.45, 2.75) is 26.3 Å². The highest BCUT2D eigenvalue weighted by molar-refractivity contribution is 5.76. The highest BCUT2D eigenvalue weighted by Crippen LogP contribution is 2.34. The number of nitrogens with two attached hydrogens (primary N) is 1. The van der Waals surface area contributed by atoms with Gasteiger partial charge in [0.1, 0.15) is 0 Å². The summed E-state index contributed by atoms with van der Waals surface area (Å²) in [5.74, 6) is 0. The first-order valence-corrected chi connectivity index (χ1v) is 8.95. The quantitative estimate of drug-likeness (QED) is 0.684. The molecule has 0 heterocycles. The molecule has 0 bridgehead atoms. The van der Waals surface area contributed by atoms with E-state index in [2.05, 4.69) is 91.5 Å². The Hall–Kier alpha value is -2.62. The van der Waals surface area contributed by atoms with Gasteiger partial charge in [0, 0.05) is 23.1 Å². The number of aliphatic hydroxyl groups excluding tert-OH is 1. The smallest absolute Gasteiger partial charge is 0.0585 e. The third-order valence-corrected chi connectivity index (χ3v) is 4.51. The molecule has 1 unspecified atom stereocenters. The number of benzene rings is 3. The van der Waals surface area contributed by atoms with Crippen LogP contribution in [0.5, 0.6) is 0 Å². The molecule has 3 aromatic carbocycles. The van der Waals surface area contributed by atoms with Gasteiger partial charge in [0.05, 0.1) is 6.61 Å². The summed E-state index contributed by atoms with van der Waals surface area (Å²) in [6.45, 7) is 4.19. The van der Waals surface area contributed by atoms with E-state index in [1.54, 1.807) is 0 Å². The molecule has 0 saturated carbocycles. The Labute approximate surface area is 155 Å². The maximum atomic E-state index is 9.15. The van der Waals surface area contributed by atoms with E-state index in [0.29, 0.717) is 6.42 Å². The van der Waals surface area contributed by atoms with E-state index >= 15 is 0 Å². The van der Waals surface area contributed by atoms with Gasteiger partial charge in [-0.1, -0.05) is 47.5 Å². The van der Waals surface area contributed by atoms with Crippen LogP contribution >= 0.6 is 0 Å². The highest BCUT2D eigenvalue weighted by Gasteiger charge is 2.12. The van der Waals surface area contributed by atoms with Gasteiger partial charge >= 0.3 is 0 Å². The number of aryl methyl sites for hydroxylation is 2. The number of rotatable bonds is 6. The minimum absolute atomic E-state index is 0.000604. The first kappa shape index (κ1) is 18.2. The molecule has 0 radical (unpaired) electrons. The van der Waals surface area contributed by atoms with E-state index in [1.165, 1.54) is 11.1 Å². The summed E-state index contributed by atoms with van der Waals surface area (Å²) in [7, 11) is 0. The average Bonchev–Trinajstić information content (AvgIpc) is 2.66. The van der Waals surface area contributed by atoms with Crippen LogP contribution in [0.2, 0.25) is 0 Å². The Morgan fingerprint density at radius 2 is 1.12 bits per heavy atom. The lowest BCUT2D eigenvalue weighted by molar-refractivity contribution is 0.265. The van der Waals surface area contributed by atoms with Crippen LogP contribution in [-0.2, 0) is 6.42 Å². The summed E-state index contributed by atoms with van der Waals surface area (Å²) in [6, 6.07) is 25.3. The molecule has 0 aliphatic heterocycles. The monoisotopic (exact) mass is 346 g/mol. The molecular weight excluding hydrogens is 320 g/mol. The van der Waals surface area contributed by atoms with Crippen LogP contribution in [-0.4, -0.2) is 17.8 Å². The highest BCUT2D eigenvalue weighted by atomic mass is 16.3. The van der Waals surface area contributed by atoms with Gasteiger partial charge in [-0.3, -0.25) is 0 Å². The number of nitrogens with zero attached hydrogens (tertiary/aromatic N) is 1. The van der Waals surface area contributed by atoms with E-state index < -0.39 is 0 Å². The summed E-state index contributed by atoms with van der Waals surface area (Å²) in [6.07, 6.45) is 0.672. The lowest BCUT2D eigenvalue weighted by Gasteiger charge is -2.26. The van der Waals surface area contributed by atoms with Crippen LogP contribution in [0, 0.1) is 13.8 Å². The predicted molar refractivity (Wildman–Crippen MR) is 109 cm³/mol. The fraction of sp³-hybridized carbons (Fsp3) is 0.217. The molecule has 0 aliphatic rings. The summed E-state index contributed by atoms with van der Waals surface area (Å²) >= 11 is 0. The second kappa shape index (κ2) is 8.17. The van der Waals surface area contributed by atoms with E-state index in [1.807, 2.05) is 0 Å². The first-order valence-electron chi connectivity index (χ1n) is 8.95.